The van der Waals surface area contributed by atoms with Crippen LogP contribution in [0.15, 0.2) is 24.3 Å². The van der Waals surface area contributed by atoms with Crippen LogP contribution in [0.25, 0.3) is 0 Å². The maximum absolute atomic E-state index is 11.0. The molecule has 0 aromatic heterocycles. The van der Waals surface area contributed by atoms with Gasteiger partial charge in [0.05, 0.1) is 16.1 Å². The second-order valence-corrected chi connectivity index (χ2v) is 3.14. The molecule has 0 aliphatic heterocycles. The number of nitrogens with one attached hydrogen (secondary N) is 1. The van der Waals surface area contributed by atoms with Crippen LogP contribution in [0.4, 0.5) is 5.69 Å². The van der Waals surface area contributed by atoms with Gasteiger partial charge in [0.25, 0.3) is 0 Å². The van der Waals surface area contributed by atoms with Gasteiger partial charge in [-0.2, -0.15) is 5.26 Å². The van der Waals surface area contributed by atoms with Crippen molar-refractivity contribution >= 4 is 34.2 Å². The zero-order valence-corrected chi connectivity index (χ0v) is 8.91. The number of hydrogen-bond acceptors (Lipinski definition) is 2. The smallest absolute Gasteiger partial charge is 0.234 e. The fourth-order valence-corrected chi connectivity index (χ4v) is 1.05. The summed E-state index contributed by atoms with van der Waals surface area (Å²) < 4.78 is 0.411. The number of nitrogens with zero attached hydrogens (tertiary/aromatic N) is 1. The Morgan fingerprint density at radius 2 is 2.38 bits per heavy atom. The van der Waals surface area contributed by atoms with Gasteiger partial charge in [-0.1, -0.05) is 28.7 Å². The highest BCUT2D eigenvalue weighted by Gasteiger charge is 1.99. The van der Waals surface area contributed by atoms with E-state index in [0.717, 1.165) is 0 Å². The number of anilines is 1. The number of halogens is 1. The predicted octanol–water partition coefficient (Wildman–Crippen LogP) is 1.93. The molecule has 0 fully saturated rings. The van der Waals surface area contributed by atoms with E-state index in [2.05, 4.69) is 5.32 Å². The number of carbonyl (C=O) groups is 1. The topological polar surface area (TPSA) is 52.9 Å². The van der Waals surface area contributed by atoms with E-state index in [-0.39, 0.29) is 5.91 Å². The largest absolute Gasteiger partial charge is 0.325 e. The Balaban J connectivity index is 2.79. The average molecular weight is 286 g/mol. The first kappa shape index (κ1) is 9.99. The first-order chi connectivity index (χ1) is 6.26. The van der Waals surface area contributed by atoms with Crippen LogP contribution in [-0.2, 0) is 4.79 Å². The second-order valence-electron chi connectivity index (χ2n) is 2.37. The van der Waals surface area contributed by atoms with Crippen LogP contribution in [0, 0.1) is 11.3 Å². The number of alkyl halides is 1. The molecular weight excluding hydrogens is 279 g/mol. The lowest BCUT2D eigenvalue weighted by Gasteiger charge is -2.01. The van der Waals surface area contributed by atoms with Gasteiger partial charge < -0.3 is 5.32 Å². The van der Waals surface area contributed by atoms with Crippen molar-refractivity contribution in [2.75, 3.05) is 9.74 Å². The standard InChI is InChI=1S/C9H7IN2O/c10-5-9(13)12-8-3-1-2-7(4-8)6-11/h1-4H,5H2,(H,12,13). The molecule has 13 heavy (non-hydrogen) atoms. The minimum atomic E-state index is -0.0595. The summed E-state index contributed by atoms with van der Waals surface area (Å²) in [4.78, 5) is 11.0. The third kappa shape index (κ3) is 3.03. The van der Waals surface area contributed by atoms with E-state index >= 15 is 0 Å². The van der Waals surface area contributed by atoms with Crippen LogP contribution in [0.2, 0.25) is 0 Å². The molecule has 0 saturated heterocycles. The number of carbonyl (C=O) groups excluding carboxylic acids is 1. The lowest BCUT2D eigenvalue weighted by atomic mass is 10.2. The van der Waals surface area contributed by atoms with Crippen LogP contribution in [0.1, 0.15) is 5.56 Å². The highest BCUT2D eigenvalue weighted by molar-refractivity contribution is 14.1. The third-order valence-electron chi connectivity index (χ3n) is 1.40. The normalized spacial score (nSPS) is 8.92. The Hall–Kier alpha value is -1.09. The summed E-state index contributed by atoms with van der Waals surface area (Å²) in [6.45, 7) is 0. The molecule has 0 unspecified atom stereocenters. The number of nitriles is 1. The molecule has 0 aliphatic rings. The van der Waals surface area contributed by atoms with Gasteiger partial charge in [0.1, 0.15) is 0 Å². The zero-order valence-electron chi connectivity index (χ0n) is 6.75. The van der Waals surface area contributed by atoms with Crippen LogP contribution in [-0.4, -0.2) is 10.3 Å². The van der Waals surface area contributed by atoms with Crippen molar-refractivity contribution in [3.63, 3.8) is 0 Å². The maximum atomic E-state index is 11.0. The Morgan fingerprint density at radius 1 is 1.62 bits per heavy atom. The molecule has 0 atom stereocenters. The molecular formula is C9H7IN2O. The molecule has 1 N–H and O–H groups in total. The number of rotatable bonds is 2. The van der Waals surface area contributed by atoms with E-state index < -0.39 is 0 Å². The van der Waals surface area contributed by atoms with E-state index in [1.807, 2.05) is 28.7 Å². The van der Waals surface area contributed by atoms with Crippen molar-refractivity contribution in [2.24, 2.45) is 0 Å². The van der Waals surface area contributed by atoms with Gasteiger partial charge in [0.2, 0.25) is 5.91 Å². The lowest BCUT2D eigenvalue weighted by molar-refractivity contribution is -0.113. The monoisotopic (exact) mass is 286 g/mol. The minimum absolute atomic E-state index is 0.0595. The summed E-state index contributed by atoms with van der Waals surface area (Å²) >= 11 is 1.98. The molecule has 4 heteroatoms. The summed E-state index contributed by atoms with van der Waals surface area (Å²) in [5.41, 5.74) is 1.21. The SMILES string of the molecule is N#Cc1cccc(NC(=O)CI)c1. The Kier molecular flexibility index (Phi) is 3.71. The van der Waals surface area contributed by atoms with Crippen LogP contribution in [0.5, 0.6) is 0 Å². The van der Waals surface area contributed by atoms with Crippen molar-refractivity contribution < 1.29 is 4.79 Å². The summed E-state index contributed by atoms with van der Waals surface area (Å²) in [5.74, 6) is -0.0595. The van der Waals surface area contributed by atoms with Crippen molar-refractivity contribution in [2.45, 2.75) is 0 Å². The van der Waals surface area contributed by atoms with E-state index in [1.54, 1.807) is 24.3 Å². The Morgan fingerprint density at radius 3 is 3.00 bits per heavy atom. The molecule has 0 spiro atoms. The summed E-state index contributed by atoms with van der Waals surface area (Å²) in [5, 5.41) is 11.3. The van der Waals surface area contributed by atoms with Crippen molar-refractivity contribution in [3.8, 4) is 6.07 Å². The molecule has 1 aromatic carbocycles. The maximum Gasteiger partial charge on any atom is 0.234 e. The number of amides is 1. The molecule has 3 nitrogen and oxygen atoms in total. The van der Waals surface area contributed by atoms with Gasteiger partial charge >= 0.3 is 0 Å². The van der Waals surface area contributed by atoms with E-state index in [4.69, 9.17) is 5.26 Å². The molecule has 0 radical (unpaired) electrons. The Bertz CT molecular complexity index is 357. The third-order valence-corrected chi connectivity index (χ3v) is 2.09. The molecule has 0 heterocycles. The van der Waals surface area contributed by atoms with Crippen LogP contribution in [0.3, 0.4) is 0 Å². The minimum Gasteiger partial charge on any atom is -0.325 e. The number of benzene rings is 1. The van der Waals surface area contributed by atoms with E-state index in [0.29, 0.717) is 15.7 Å². The molecule has 1 aromatic rings. The first-order valence-corrected chi connectivity index (χ1v) is 5.15. The molecule has 0 saturated carbocycles. The second kappa shape index (κ2) is 4.82. The van der Waals surface area contributed by atoms with Crippen molar-refractivity contribution in [1.82, 2.24) is 0 Å². The van der Waals surface area contributed by atoms with Gasteiger partial charge in [0, 0.05) is 5.69 Å². The molecule has 1 rings (SSSR count). The highest BCUT2D eigenvalue weighted by atomic mass is 127. The molecule has 66 valence electrons. The first-order valence-electron chi connectivity index (χ1n) is 3.62. The van der Waals surface area contributed by atoms with Gasteiger partial charge in [0.15, 0.2) is 0 Å². The summed E-state index contributed by atoms with van der Waals surface area (Å²) in [7, 11) is 0. The fourth-order valence-electron chi connectivity index (χ4n) is 0.861. The van der Waals surface area contributed by atoms with Gasteiger partial charge in [-0.25, -0.2) is 0 Å². The Labute approximate surface area is 89.9 Å². The van der Waals surface area contributed by atoms with Crippen LogP contribution >= 0.6 is 22.6 Å². The van der Waals surface area contributed by atoms with E-state index in [9.17, 15) is 4.79 Å². The highest BCUT2D eigenvalue weighted by Crippen LogP contribution is 2.09. The fraction of sp³-hybridized carbons (Fsp3) is 0.111. The lowest BCUT2D eigenvalue weighted by Crippen LogP contribution is -2.12. The van der Waals surface area contributed by atoms with Gasteiger partial charge in [-0.15, -0.1) is 0 Å². The summed E-state index contributed by atoms with van der Waals surface area (Å²) in [6, 6.07) is 8.84. The van der Waals surface area contributed by atoms with Crippen molar-refractivity contribution in [1.29, 1.82) is 5.26 Å². The van der Waals surface area contributed by atoms with Crippen LogP contribution < -0.4 is 5.32 Å². The van der Waals surface area contributed by atoms with Gasteiger partial charge in [-0.3, -0.25) is 4.79 Å². The summed E-state index contributed by atoms with van der Waals surface area (Å²) in [6.07, 6.45) is 0. The number of hydrogen-bond donors (Lipinski definition) is 1. The zero-order chi connectivity index (χ0) is 9.68. The molecule has 1 amide bonds. The predicted molar refractivity (Wildman–Crippen MR) is 58.7 cm³/mol. The van der Waals surface area contributed by atoms with Crippen molar-refractivity contribution in [3.05, 3.63) is 29.8 Å². The van der Waals surface area contributed by atoms with E-state index in [1.165, 1.54) is 0 Å². The average Bonchev–Trinajstić information content (AvgIpc) is 2.18. The van der Waals surface area contributed by atoms with Gasteiger partial charge in [-0.05, 0) is 18.2 Å². The molecule has 0 aliphatic carbocycles. The quantitative estimate of drug-likeness (QED) is 0.667. The molecule has 0 bridgehead atoms.